The molecule has 1 amide bonds. The van der Waals surface area contributed by atoms with Crippen LogP contribution in [-0.4, -0.2) is 28.8 Å². The van der Waals surface area contributed by atoms with Crippen LogP contribution < -0.4 is 5.32 Å². The molecule has 0 spiro atoms. The maximum atomic E-state index is 12.8. The molecular formula is C13H18ClF2N3O3. The first-order valence-corrected chi connectivity index (χ1v) is 7.48. The molecule has 9 heteroatoms. The number of nitrogens with one attached hydrogen (secondary N) is 1. The molecule has 1 aliphatic carbocycles. The third kappa shape index (κ3) is 3.92. The van der Waals surface area contributed by atoms with Gasteiger partial charge in [-0.15, -0.1) is 0 Å². The lowest BCUT2D eigenvalue weighted by atomic mass is 9.93. The molecule has 1 N–H and O–H groups in total. The fourth-order valence-corrected chi connectivity index (χ4v) is 2.66. The lowest BCUT2D eigenvalue weighted by Crippen LogP contribution is -2.47. The summed E-state index contributed by atoms with van der Waals surface area (Å²) in [7, 11) is 1.51. The van der Waals surface area contributed by atoms with Crippen molar-refractivity contribution >= 4 is 17.5 Å². The largest absolute Gasteiger partial charge is 0.400 e. The number of carbonyl (C=O) groups excluding carboxylic acids is 1. The van der Waals surface area contributed by atoms with Crippen LogP contribution >= 0.6 is 11.6 Å². The van der Waals surface area contributed by atoms with E-state index in [1.165, 1.54) is 7.11 Å². The van der Waals surface area contributed by atoms with Crippen LogP contribution in [0.2, 0.25) is 0 Å². The number of halogens is 3. The van der Waals surface area contributed by atoms with E-state index in [4.69, 9.17) is 16.3 Å². The van der Waals surface area contributed by atoms with Gasteiger partial charge in [-0.1, -0.05) is 30.8 Å². The summed E-state index contributed by atoms with van der Waals surface area (Å²) in [5.41, 5.74) is -0.876. The molecule has 6 nitrogen and oxygen atoms in total. The summed E-state index contributed by atoms with van der Waals surface area (Å²) < 4.78 is 35.4. The highest BCUT2D eigenvalue weighted by Gasteiger charge is 2.39. The summed E-state index contributed by atoms with van der Waals surface area (Å²) in [5.74, 6) is -1.35. The van der Waals surface area contributed by atoms with E-state index in [0.29, 0.717) is 12.8 Å². The predicted molar refractivity (Wildman–Crippen MR) is 73.3 cm³/mol. The molecule has 0 radical (unpaired) electrons. The predicted octanol–water partition coefficient (Wildman–Crippen LogP) is 2.71. The van der Waals surface area contributed by atoms with Crippen molar-refractivity contribution in [3.63, 3.8) is 0 Å². The molecule has 1 fully saturated rings. The number of carbonyl (C=O) groups is 1. The topological polar surface area (TPSA) is 77.2 Å². The second-order valence-electron chi connectivity index (χ2n) is 5.31. The lowest BCUT2D eigenvalue weighted by Gasteiger charge is -2.29. The minimum Gasteiger partial charge on any atom is -0.368 e. The van der Waals surface area contributed by atoms with Crippen molar-refractivity contribution in [2.45, 2.75) is 56.1 Å². The summed E-state index contributed by atoms with van der Waals surface area (Å²) in [5, 5.41) is 2.26. The molecule has 0 bridgehead atoms. The Hall–Kier alpha value is -1.28. The first-order valence-electron chi connectivity index (χ1n) is 7.11. The third-order valence-corrected chi connectivity index (χ3v) is 4.00. The Labute approximate surface area is 131 Å². The molecule has 0 saturated heterocycles. The van der Waals surface area contributed by atoms with E-state index in [2.05, 4.69) is 20.0 Å². The number of methoxy groups -OCH3 is 1. The number of amides is 1. The van der Waals surface area contributed by atoms with Gasteiger partial charge in [-0.3, -0.25) is 4.79 Å². The number of rotatable bonds is 5. The minimum absolute atomic E-state index is 0.0662. The minimum atomic E-state index is -3.72. The normalized spacial score (nSPS) is 18.7. The molecule has 1 heterocycles. The second-order valence-corrected chi connectivity index (χ2v) is 5.78. The van der Waals surface area contributed by atoms with E-state index in [0.717, 1.165) is 25.7 Å². The maximum absolute atomic E-state index is 12.8. The molecule has 1 aromatic rings. The maximum Gasteiger partial charge on any atom is 0.400 e. The zero-order chi connectivity index (χ0) is 16.2. The second kappa shape index (κ2) is 6.87. The Balaban J connectivity index is 1.97. The molecule has 0 aromatic carbocycles. The van der Waals surface area contributed by atoms with Crippen molar-refractivity contribution in [3.05, 3.63) is 11.7 Å². The average Bonchev–Trinajstić information content (AvgIpc) is 2.82. The molecule has 0 unspecified atom stereocenters. The lowest BCUT2D eigenvalue weighted by molar-refractivity contribution is -0.145. The molecule has 0 atom stereocenters. The van der Waals surface area contributed by atoms with E-state index in [1.807, 2.05) is 0 Å². The van der Waals surface area contributed by atoms with E-state index in [1.54, 1.807) is 0 Å². The van der Waals surface area contributed by atoms with Gasteiger partial charge in [0.05, 0.1) is 6.54 Å². The zero-order valence-corrected chi connectivity index (χ0v) is 13.0. The van der Waals surface area contributed by atoms with Gasteiger partial charge in [-0.25, -0.2) is 0 Å². The van der Waals surface area contributed by atoms with Crippen molar-refractivity contribution in [2.75, 3.05) is 7.11 Å². The van der Waals surface area contributed by atoms with Gasteiger partial charge in [0.1, 0.15) is 5.60 Å². The Bertz CT molecular complexity index is 511. The number of hydrogen-bond donors (Lipinski definition) is 1. The quantitative estimate of drug-likeness (QED) is 0.660. The Morgan fingerprint density at radius 3 is 2.55 bits per heavy atom. The molecule has 0 aliphatic heterocycles. The van der Waals surface area contributed by atoms with Gasteiger partial charge in [0.2, 0.25) is 0 Å². The van der Waals surface area contributed by atoms with Crippen LogP contribution in [0.5, 0.6) is 0 Å². The number of nitrogens with zero attached hydrogens (tertiary/aromatic N) is 2. The number of alkyl halides is 3. The van der Waals surface area contributed by atoms with Gasteiger partial charge in [0, 0.05) is 7.11 Å². The molecule has 22 heavy (non-hydrogen) atoms. The highest BCUT2D eigenvalue weighted by atomic mass is 35.5. The first-order chi connectivity index (χ1) is 10.4. The van der Waals surface area contributed by atoms with Crippen LogP contribution in [0.1, 0.15) is 50.2 Å². The van der Waals surface area contributed by atoms with E-state index >= 15 is 0 Å². The van der Waals surface area contributed by atoms with Gasteiger partial charge in [-0.05, 0) is 24.4 Å². The fraction of sp³-hybridized carbons (Fsp3) is 0.769. The SMILES string of the molecule is COC1(C(=O)NCc2noc(C(F)(F)Cl)n2)CCCCCC1. The van der Waals surface area contributed by atoms with E-state index < -0.39 is 16.9 Å². The Morgan fingerprint density at radius 2 is 2.05 bits per heavy atom. The standard InChI is InChI=1S/C13H18ClF2N3O3/c1-21-12(6-4-2-3-5-7-12)10(20)17-8-9-18-11(22-19-9)13(14,15)16/h2-8H2,1H3,(H,17,20). The average molecular weight is 338 g/mol. The first kappa shape index (κ1) is 17.1. The van der Waals surface area contributed by atoms with Crippen LogP contribution in [0.15, 0.2) is 4.52 Å². The Kier molecular flexibility index (Phi) is 5.33. The zero-order valence-electron chi connectivity index (χ0n) is 12.2. The highest BCUT2D eigenvalue weighted by molar-refractivity contribution is 6.21. The van der Waals surface area contributed by atoms with Crippen molar-refractivity contribution < 1.29 is 22.8 Å². The summed E-state index contributed by atoms with van der Waals surface area (Å²) >= 11 is 4.78. The summed E-state index contributed by atoms with van der Waals surface area (Å²) in [6, 6.07) is 0. The molecule has 124 valence electrons. The molecular weight excluding hydrogens is 320 g/mol. The summed E-state index contributed by atoms with van der Waals surface area (Å²) in [4.78, 5) is 15.8. The van der Waals surface area contributed by atoms with Crippen LogP contribution in [0, 0.1) is 0 Å². The smallest absolute Gasteiger partial charge is 0.368 e. The monoisotopic (exact) mass is 337 g/mol. The van der Waals surface area contributed by atoms with Crippen molar-refractivity contribution in [3.8, 4) is 0 Å². The fourth-order valence-electron chi connectivity index (χ4n) is 2.58. The summed E-state index contributed by atoms with van der Waals surface area (Å²) in [6.07, 6.45) is 5.21. The van der Waals surface area contributed by atoms with Crippen molar-refractivity contribution in [1.82, 2.24) is 15.5 Å². The molecule has 1 aliphatic rings. The van der Waals surface area contributed by atoms with Crippen LogP contribution in [0.4, 0.5) is 8.78 Å². The van der Waals surface area contributed by atoms with Crippen LogP contribution in [-0.2, 0) is 21.5 Å². The van der Waals surface area contributed by atoms with Gasteiger partial charge < -0.3 is 14.6 Å². The third-order valence-electron chi connectivity index (χ3n) is 3.83. The highest BCUT2D eigenvalue weighted by Crippen LogP contribution is 2.31. The number of hydrogen-bond acceptors (Lipinski definition) is 5. The van der Waals surface area contributed by atoms with Gasteiger partial charge in [-0.2, -0.15) is 13.8 Å². The number of ether oxygens (including phenoxy) is 1. The van der Waals surface area contributed by atoms with E-state index in [9.17, 15) is 13.6 Å². The summed E-state index contributed by atoms with van der Waals surface area (Å²) in [6.45, 7) is -0.125. The van der Waals surface area contributed by atoms with Gasteiger partial charge in [0.25, 0.3) is 5.91 Å². The van der Waals surface area contributed by atoms with Crippen molar-refractivity contribution in [2.24, 2.45) is 0 Å². The Morgan fingerprint density at radius 1 is 1.41 bits per heavy atom. The van der Waals surface area contributed by atoms with E-state index in [-0.39, 0.29) is 18.3 Å². The van der Waals surface area contributed by atoms with Crippen LogP contribution in [0.3, 0.4) is 0 Å². The molecule has 1 aromatic heterocycles. The van der Waals surface area contributed by atoms with Crippen molar-refractivity contribution in [1.29, 1.82) is 0 Å². The van der Waals surface area contributed by atoms with Gasteiger partial charge >= 0.3 is 11.3 Å². The number of aromatic nitrogens is 2. The molecule has 2 rings (SSSR count). The van der Waals surface area contributed by atoms with Gasteiger partial charge in [0.15, 0.2) is 5.82 Å². The molecule has 1 saturated carbocycles. The van der Waals surface area contributed by atoms with Crippen LogP contribution in [0.25, 0.3) is 0 Å².